The largest absolute Gasteiger partial charge is 0.494 e. The van der Waals surface area contributed by atoms with E-state index in [2.05, 4.69) is 10.3 Å². The third kappa shape index (κ3) is 1.65. The lowest BCUT2D eigenvalue weighted by Crippen LogP contribution is -2.18. The first-order valence-electron chi connectivity index (χ1n) is 5.48. The second-order valence-electron chi connectivity index (χ2n) is 4.06. The lowest BCUT2D eigenvalue weighted by molar-refractivity contribution is 0.0956. The standard InChI is InChI=1S/C13H16N2O2/c1-7-5-6-8(2)10-9(7)12(17-4)11(15-10)13(16)14-3/h5-6,15H,1-4H3,(H,14,16). The fourth-order valence-corrected chi connectivity index (χ4v) is 2.06. The molecule has 0 aliphatic carbocycles. The van der Waals surface area contributed by atoms with Crippen LogP contribution in [-0.2, 0) is 0 Å². The summed E-state index contributed by atoms with van der Waals surface area (Å²) in [5, 5.41) is 3.58. The minimum absolute atomic E-state index is 0.170. The van der Waals surface area contributed by atoms with Gasteiger partial charge in [0.2, 0.25) is 0 Å². The van der Waals surface area contributed by atoms with Gasteiger partial charge in [-0.3, -0.25) is 4.79 Å². The second-order valence-corrected chi connectivity index (χ2v) is 4.06. The number of nitrogens with one attached hydrogen (secondary N) is 2. The van der Waals surface area contributed by atoms with Gasteiger partial charge in [-0.1, -0.05) is 12.1 Å². The van der Waals surface area contributed by atoms with E-state index in [0.29, 0.717) is 11.4 Å². The van der Waals surface area contributed by atoms with Crippen LogP contribution in [0.1, 0.15) is 21.6 Å². The number of carbonyl (C=O) groups excluding carboxylic acids is 1. The number of aryl methyl sites for hydroxylation is 2. The highest BCUT2D eigenvalue weighted by Crippen LogP contribution is 2.34. The van der Waals surface area contributed by atoms with Crippen LogP contribution in [0.2, 0.25) is 0 Å². The number of hydrogen-bond donors (Lipinski definition) is 2. The topological polar surface area (TPSA) is 54.1 Å². The number of methoxy groups -OCH3 is 1. The molecular formula is C13H16N2O2. The molecule has 4 heteroatoms. The van der Waals surface area contributed by atoms with Crippen molar-refractivity contribution in [2.24, 2.45) is 0 Å². The van der Waals surface area contributed by atoms with E-state index in [0.717, 1.165) is 22.0 Å². The molecule has 2 aromatic rings. The van der Waals surface area contributed by atoms with Gasteiger partial charge >= 0.3 is 0 Å². The molecule has 0 bridgehead atoms. The number of aromatic nitrogens is 1. The van der Waals surface area contributed by atoms with Crippen molar-refractivity contribution in [3.63, 3.8) is 0 Å². The van der Waals surface area contributed by atoms with Crippen molar-refractivity contribution >= 4 is 16.8 Å². The Morgan fingerprint density at radius 2 is 1.94 bits per heavy atom. The smallest absolute Gasteiger partial charge is 0.271 e. The number of amides is 1. The predicted molar refractivity (Wildman–Crippen MR) is 67.7 cm³/mol. The summed E-state index contributed by atoms with van der Waals surface area (Å²) in [7, 11) is 3.18. The summed E-state index contributed by atoms with van der Waals surface area (Å²) in [5.41, 5.74) is 3.62. The van der Waals surface area contributed by atoms with E-state index in [9.17, 15) is 4.79 Å². The zero-order valence-corrected chi connectivity index (χ0v) is 10.5. The highest BCUT2D eigenvalue weighted by Gasteiger charge is 2.19. The van der Waals surface area contributed by atoms with Gasteiger partial charge in [0, 0.05) is 12.4 Å². The molecule has 0 fully saturated rings. The molecule has 17 heavy (non-hydrogen) atoms. The van der Waals surface area contributed by atoms with Crippen molar-refractivity contribution in [2.45, 2.75) is 13.8 Å². The summed E-state index contributed by atoms with van der Waals surface area (Å²) >= 11 is 0. The summed E-state index contributed by atoms with van der Waals surface area (Å²) in [6.07, 6.45) is 0. The van der Waals surface area contributed by atoms with Crippen molar-refractivity contribution in [3.8, 4) is 5.75 Å². The third-order valence-electron chi connectivity index (χ3n) is 2.98. The summed E-state index contributed by atoms with van der Waals surface area (Å²) in [6.45, 7) is 4.01. The fourth-order valence-electron chi connectivity index (χ4n) is 2.06. The maximum absolute atomic E-state index is 11.8. The molecule has 0 radical (unpaired) electrons. The van der Waals surface area contributed by atoms with Crippen LogP contribution in [0.3, 0.4) is 0 Å². The van der Waals surface area contributed by atoms with Crippen LogP contribution in [-0.4, -0.2) is 25.0 Å². The Hall–Kier alpha value is -1.97. The van der Waals surface area contributed by atoms with E-state index < -0.39 is 0 Å². The number of fused-ring (bicyclic) bond motifs is 1. The van der Waals surface area contributed by atoms with E-state index in [1.165, 1.54) is 0 Å². The molecule has 2 N–H and O–H groups in total. The molecule has 0 aliphatic rings. The quantitative estimate of drug-likeness (QED) is 0.833. The van der Waals surface area contributed by atoms with Gasteiger partial charge in [0.15, 0.2) is 5.75 Å². The number of rotatable bonds is 2. The van der Waals surface area contributed by atoms with Crippen LogP contribution in [0.15, 0.2) is 12.1 Å². The van der Waals surface area contributed by atoms with Gasteiger partial charge in [0.05, 0.1) is 12.6 Å². The van der Waals surface area contributed by atoms with Gasteiger partial charge in [-0.05, 0) is 25.0 Å². The zero-order chi connectivity index (χ0) is 12.6. The molecule has 0 saturated carbocycles. The second kappa shape index (κ2) is 4.13. The van der Waals surface area contributed by atoms with Gasteiger partial charge in [-0.15, -0.1) is 0 Å². The van der Waals surface area contributed by atoms with Crippen LogP contribution in [0.25, 0.3) is 10.9 Å². The molecule has 2 rings (SSSR count). The zero-order valence-electron chi connectivity index (χ0n) is 10.5. The Balaban J connectivity index is 2.84. The van der Waals surface area contributed by atoms with Crippen LogP contribution in [0, 0.1) is 13.8 Å². The van der Waals surface area contributed by atoms with Crippen molar-refractivity contribution < 1.29 is 9.53 Å². The van der Waals surface area contributed by atoms with E-state index >= 15 is 0 Å². The van der Waals surface area contributed by atoms with Crippen LogP contribution >= 0.6 is 0 Å². The average molecular weight is 232 g/mol. The highest BCUT2D eigenvalue weighted by molar-refractivity contribution is 6.05. The minimum atomic E-state index is -0.170. The molecule has 0 atom stereocenters. The van der Waals surface area contributed by atoms with Gasteiger partial charge < -0.3 is 15.0 Å². The molecule has 4 nitrogen and oxygen atoms in total. The van der Waals surface area contributed by atoms with Crippen molar-refractivity contribution in [3.05, 3.63) is 29.0 Å². The summed E-state index contributed by atoms with van der Waals surface area (Å²) in [5.74, 6) is 0.442. The van der Waals surface area contributed by atoms with E-state index in [4.69, 9.17) is 4.74 Å². The molecule has 1 amide bonds. The van der Waals surface area contributed by atoms with Gasteiger partial charge in [-0.25, -0.2) is 0 Å². The molecule has 0 saturated heterocycles. The number of ether oxygens (including phenoxy) is 1. The maximum Gasteiger partial charge on any atom is 0.271 e. The van der Waals surface area contributed by atoms with Crippen molar-refractivity contribution in [1.82, 2.24) is 10.3 Å². The fraction of sp³-hybridized carbons (Fsp3) is 0.308. The molecule has 1 aromatic heterocycles. The van der Waals surface area contributed by atoms with Gasteiger partial charge in [-0.2, -0.15) is 0 Å². The lowest BCUT2D eigenvalue weighted by atomic mass is 10.1. The molecule has 0 unspecified atom stereocenters. The van der Waals surface area contributed by atoms with Crippen molar-refractivity contribution in [2.75, 3.05) is 14.2 Å². The third-order valence-corrected chi connectivity index (χ3v) is 2.98. The average Bonchev–Trinajstić information content (AvgIpc) is 2.73. The first-order chi connectivity index (χ1) is 8.10. The highest BCUT2D eigenvalue weighted by atomic mass is 16.5. The number of aromatic amines is 1. The Morgan fingerprint density at radius 1 is 1.29 bits per heavy atom. The maximum atomic E-state index is 11.8. The van der Waals surface area contributed by atoms with Crippen LogP contribution in [0.5, 0.6) is 5.75 Å². The van der Waals surface area contributed by atoms with Gasteiger partial charge in [0.25, 0.3) is 5.91 Å². The molecule has 0 spiro atoms. The Kier molecular flexibility index (Phi) is 2.79. The van der Waals surface area contributed by atoms with E-state index in [1.54, 1.807) is 14.2 Å². The Morgan fingerprint density at radius 3 is 2.53 bits per heavy atom. The Bertz CT molecular complexity index is 585. The van der Waals surface area contributed by atoms with Crippen LogP contribution < -0.4 is 10.1 Å². The molecular weight excluding hydrogens is 216 g/mol. The SMILES string of the molecule is CNC(=O)c1[nH]c2c(C)ccc(C)c2c1OC. The number of hydrogen-bond acceptors (Lipinski definition) is 2. The summed E-state index contributed by atoms with van der Waals surface area (Å²) in [6, 6.07) is 4.06. The Labute approximate surface area is 100.0 Å². The van der Waals surface area contributed by atoms with Gasteiger partial charge in [0.1, 0.15) is 5.69 Å². The minimum Gasteiger partial charge on any atom is -0.494 e. The van der Waals surface area contributed by atoms with E-state index in [-0.39, 0.29) is 5.91 Å². The number of H-pyrrole nitrogens is 1. The van der Waals surface area contributed by atoms with Crippen LogP contribution in [0.4, 0.5) is 0 Å². The van der Waals surface area contributed by atoms with Crippen molar-refractivity contribution in [1.29, 1.82) is 0 Å². The summed E-state index contributed by atoms with van der Waals surface area (Å²) in [4.78, 5) is 14.9. The number of carbonyl (C=O) groups is 1. The number of benzene rings is 1. The van der Waals surface area contributed by atoms with E-state index in [1.807, 2.05) is 26.0 Å². The first-order valence-corrected chi connectivity index (χ1v) is 5.48. The summed E-state index contributed by atoms with van der Waals surface area (Å²) < 4.78 is 5.37. The first kappa shape index (κ1) is 11.5. The molecule has 0 aliphatic heterocycles. The predicted octanol–water partition coefficient (Wildman–Crippen LogP) is 2.15. The molecule has 90 valence electrons. The monoisotopic (exact) mass is 232 g/mol. The molecule has 1 aromatic carbocycles. The molecule has 1 heterocycles. The lowest BCUT2D eigenvalue weighted by Gasteiger charge is -2.03. The normalized spacial score (nSPS) is 10.6.